The molecule has 0 spiro atoms. The lowest BCUT2D eigenvalue weighted by molar-refractivity contribution is -0.385. The van der Waals surface area contributed by atoms with Crippen molar-refractivity contribution in [3.8, 4) is 23.8 Å². The number of hydrogen-bond donors (Lipinski definition) is 0. The molecule has 10 heteroatoms. The van der Waals surface area contributed by atoms with Gasteiger partial charge in [-0.15, -0.1) is 6.42 Å². The first-order valence-corrected chi connectivity index (χ1v) is 9.57. The molecule has 8 nitrogen and oxygen atoms in total. The predicted octanol–water partition coefficient (Wildman–Crippen LogP) is 3.41. The van der Waals surface area contributed by atoms with Crippen LogP contribution in [0, 0.1) is 22.5 Å². The molecule has 0 atom stereocenters. The number of carbonyl (C=O) groups excluding carboxylic acids is 1. The molecule has 1 amide bonds. The zero-order valence-electron chi connectivity index (χ0n) is 14.8. The number of benzene rings is 2. The summed E-state index contributed by atoms with van der Waals surface area (Å²) >= 11 is 7.13. The van der Waals surface area contributed by atoms with Gasteiger partial charge in [0.25, 0.3) is 11.6 Å². The van der Waals surface area contributed by atoms with Gasteiger partial charge < -0.3 is 14.0 Å². The first-order chi connectivity index (χ1) is 14.0. The predicted molar refractivity (Wildman–Crippen MR) is 108 cm³/mol. The van der Waals surface area contributed by atoms with Crippen LogP contribution >= 0.6 is 22.9 Å². The van der Waals surface area contributed by atoms with E-state index in [2.05, 4.69) is 10.9 Å². The first kappa shape index (κ1) is 19.0. The summed E-state index contributed by atoms with van der Waals surface area (Å²) in [6, 6.07) is 7.33. The van der Waals surface area contributed by atoms with Gasteiger partial charge in [0.15, 0.2) is 16.3 Å². The number of hydrogen-bond acceptors (Lipinski definition) is 6. The Labute approximate surface area is 173 Å². The van der Waals surface area contributed by atoms with E-state index in [1.165, 1.54) is 29.5 Å². The van der Waals surface area contributed by atoms with Gasteiger partial charge in [-0.2, -0.15) is 4.99 Å². The maximum Gasteiger partial charge on any atom is 0.286 e. The Morgan fingerprint density at radius 3 is 2.72 bits per heavy atom. The molecule has 0 fully saturated rings. The van der Waals surface area contributed by atoms with E-state index >= 15 is 0 Å². The summed E-state index contributed by atoms with van der Waals surface area (Å²) in [5.74, 6) is 2.93. The molecule has 29 heavy (non-hydrogen) atoms. The van der Waals surface area contributed by atoms with Crippen molar-refractivity contribution in [2.45, 2.75) is 6.54 Å². The third-order valence-electron chi connectivity index (χ3n) is 4.18. The molecule has 3 aromatic rings. The highest BCUT2D eigenvalue weighted by molar-refractivity contribution is 7.16. The number of terminal acetylenes is 1. The van der Waals surface area contributed by atoms with Gasteiger partial charge in [0.1, 0.15) is 18.8 Å². The summed E-state index contributed by atoms with van der Waals surface area (Å²) in [6.45, 7) is 1.04. The van der Waals surface area contributed by atoms with Gasteiger partial charge in [-0.25, -0.2) is 0 Å². The van der Waals surface area contributed by atoms with Gasteiger partial charge in [-0.3, -0.25) is 14.9 Å². The minimum Gasteiger partial charge on any atom is -0.486 e. The third-order valence-corrected chi connectivity index (χ3v) is 5.46. The van der Waals surface area contributed by atoms with Gasteiger partial charge >= 0.3 is 0 Å². The van der Waals surface area contributed by atoms with Crippen LogP contribution in [0.4, 0.5) is 5.69 Å². The van der Waals surface area contributed by atoms with Gasteiger partial charge in [0.05, 0.1) is 21.7 Å². The second kappa shape index (κ2) is 7.58. The van der Waals surface area contributed by atoms with E-state index in [1.807, 2.05) is 0 Å². The molecule has 0 unspecified atom stereocenters. The van der Waals surface area contributed by atoms with Crippen molar-refractivity contribution in [1.29, 1.82) is 0 Å². The largest absolute Gasteiger partial charge is 0.486 e. The van der Waals surface area contributed by atoms with E-state index in [0.29, 0.717) is 29.5 Å². The highest BCUT2D eigenvalue weighted by atomic mass is 35.5. The van der Waals surface area contributed by atoms with E-state index < -0.39 is 10.8 Å². The fourth-order valence-electron chi connectivity index (χ4n) is 2.92. The van der Waals surface area contributed by atoms with Crippen LogP contribution in [0.25, 0.3) is 10.2 Å². The van der Waals surface area contributed by atoms with Crippen molar-refractivity contribution in [3.05, 3.63) is 55.8 Å². The maximum atomic E-state index is 12.7. The fraction of sp³-hybridized carbons (Fsp3) is 0.158. The maximum absolute atomic E-state index is 12.7. The molecule has 2 heterocycles. The molecule has 1 aliphatic rings. The summed E-state index contributed by atoms with van der Waals surface area (Å²) in [7, 11) is 0. The quantitative estimate of drug-likeness (QED) is 0.361. The molecule has 1 aliphatic heterocycles. The Bertz CT molecular complexity index is 1270. The lowest BCUT2D eigenvalue weighted by Gasteiger charge is -2.18. The van der Waals surface area contributed by atoms with Crippen molar-refractivity contribution in [2.24, 2.45) is 4.99 Å². The smallest absolute Gasteiger partial charge is 0.286 e. The second-order valence-electron chi connectivity index (χ2n) is 5.97. The normalized spacial score (nSPS) is 13.3. The van der Waals surface area contributed by atoms with E-state index in [9.17, 15) is 14.9 Å². The number of thiazole rings is 1. The highest BCUT2D eigenvalue weighted by Crippen LogP contribution is 2.35. The lowest BCUT2D eigenvalue weighted by Crippen LogP contribution is -2.17. The number of rotatable bonds is 3. The Balaban J connectivity index is 1.89. The molecular formula is C19H12ClN3O5S. The molecule has 0 bridgehead atoms. The Morgan fingerprint density at radius 2 is 2.03 bits per heavy atom. The van der Waals surface area contributed by atoms with Crippen LogP contribution in [-0.4, -0.2) is 28.6 Å². The lowest BCUT2D eigenvalue weighted by atomic mass is 10.2. The van der Waals surface area contributed by atoms with Crippen LogP contribution < -0.4 is 14.3 Å². The van der Waals surface area contributed by atoms with E-state index in [1.54, 1.807) is 16.7 Å². The fourth-order valence-corrected chi connectivity index (χ4v) is 4.13. The number of ether oxygens (including phenoxy) is 2. The van der Waals surface area contributed by atoms with Crippen LogP contribution in [0.3, 0.4) is 0 Å². The van der Waals surface area contributed by atoms with E-state index in [4.69, 9.17) is 27.5 Å². The zero-order chi connectivity index (χ0) is 20.5. The van der Waals surface area contributed by atoms with Crippen LogP contribution in [-0.2, 0) is 6.54 Å². The van der Waals surface area contributed by atoms with Gasteiger partial charge in [-0.1, -0.05) is 28.9 Å². The summed E-state index contributed by atoms with van der Waals surface area (Å²) in [5.41, 5.74) is 0.160. The molecule has 0 radical (unpaired) electrons. The van der Waals surface area contributed by atoms with Crippen LogP contribution in [0.15, 0.2) is 35.3 Å². The number of nitro benzene ring substituents is 1. The minimum absolute atomic E-state index is 0.156. The summed E-state index contributed by atoms with van der Waals surface area (Å²) in [6.07, 6.45) is 5.49. The van der Waals surface area contributed by atoms with Gasteiger partial charge in [0.2, 0.25) is 0 Å². The third kappa shape index (κ3) is 3.55. The number of amides is 1. The number of nitro groups is 1. The van der Waals surface area contributed by atoms with Crippen LogP contribution in [0.2, 0.25) is 5.02 Å². The van der Waals surface area contributed by atoms with Crippen LogP contribution in [0.1, 0.15) is 10.4 Å². The molecule has 146 valence electrons. The zero-order valence-corrected chi connectivity index (χ0v) is 16.3. The second-order valence-corrected chi connectivity index (χ2v) is 7.42. The van der Waals surface area contributed by atoms with Gasteiger partial charge in [0, 0.05) is 23.2 Å². The van der Waals surface area contributed by atoms with Gasteiger partial charge in [-0.05, 0) is 12.1 Å². The standard InChI is InChI=1S/C19H12ClN3O5S/c1-2-5-22-14-9-15-16(28-7-6-27-15)10-17(14)29-19(22)21-18(24)12-8-11(20)3-4-13(12)23(25)26/h1,3-4,8-10H,5-7H2. The molecule has 0 saturated carbocycles. The summed E-state index contributed by atoms with van der Waals surface area (Å²) in [5, 5.41) is 11.5. The minimum atomic E-state index is -0.784. The van der Waals surface area contributed by atoms with Crippen molar-refractivity contribution >= 4 is 44.7 Å². The van der Waals surface area contributed by atoms with E-state index in [-0.39, 0.29) is 22.8 Å². The number of fused-ring (bicyclic) bond motifs is 2. The molecule has 0 N–H and O–H groups in total. The monoisotopic (exact) mass is 429 g/mol. The van der Waals surface area contributed by atoms with Crippen molar-refractivity contribution < 1.29 is 19.2 Å². The first-order valence-electron chi connectivity index (χ1n) is 8.37. The molecule has 0 saturated heterocycles. The summed E-state index contributed by atoms with van der Waals surface area (Å²) in [4.78, 5) is 27.8. The van der Waals surface area contributed by atoms with Crippen LogP contribution in [0.5, 0.6) is 11.5 Å². The Kier molecular flexibility index (Phi) is 4.96. The van der Waals surface area contributed by atoms with E-state index in [0.717, 1.165) is 10.2 Å². The molecule has 0 aliphatic carbocycles. The highest BCUT2D eigenvalue weighted by Gasteiger charge is 2.21. The summed E-state index contributed by atoms with van der Waals surface area (Å²) < 4.78 is 13.7. The van der Waals surface area contributed by atoms with Crippen molar-refractivity contribution in [1.82, 2.24) is 4.57 Å². The average Bonchev–Trinajstić information content (AvgIpc) is 3.02. The average molecular weight is 430 g/mol. The number of nitrogens with zero attached hydrogens (tertiary/aromatic N) is 3. The number of carbonyl (C=O) groups is 1. The van der Waals surface area contributed by atoms with Crippen molar-refractivity contribution in [3.63, 3.8) is 0 Å². The number of aromatic nitrogens is 1. The van der Waals surface area contributed by atoms with Crippen molar-refractivity contribution in [2.75, 3.05) is 13.2 Å². The molecular weight excluding hydrogens is 418 g/mol. The Hall–Kier alpha value is -3.35. The topological polar surface area (TPSA) is 96.0 Å². The number of halogens is 1. The molecule has 2 aromatic carbocycles. The molecule has 4 rings (SSSR count). The molecule has 1 aromatic heterocycles. The SMILES string of the molecule is C#CCn1c(=NC(=O)c2cc(Cl)ccc2[N+](=O)[O-])sc2cc3c(cc21)OCCO3. The Morgan fingerprint density at radius 1 is 1.31 bits per heavy atom.